The Kier molecular flexibility index (Phi) is 5.74. The Bertz CT molecular complexity index is 364. The van der Waals surface area contributed by atoms with Crippen molar-refractivity contribution < 1.29 is 0 Å². The molecule has 0 bridgehead atoms. The zero-order chi connectivity index (χ0) is 11.4. The molecule has 2 unspecified atom stereocenters. The van der Waals surface area contributed by atoms with Gasteiger partial charge in [-0.2, -0.15) is 0 Å². The first kappa shape index (κ1) is 14.3. The molecule has 1 saturated carbocycles. The van der Waals surface area contributed by atoms with Gasteiger partial charge in [0.15, 0.2) is 5.96 Å². The Labute approximate surface area is 120 Å². The van der Waals surface area contributed by atoms with E-state index in [0.29, 0.717) is 0 Å². The van der Waals surface area contributed by atoms with Crippen molar-refractivity contribution >= 4 is 29.9 Å². The Morgan fingerprint density at radius 2 is 2.06 bits per heavy atom. The number of rotatable bonds is 3. The van der Waals surface area contributed by atoms with E-state index in [0.717, 1.165) is 24.3 Å². The Hall–Kier alpha value is -0.780. The smallest absolute Gasteiger partial charge is 0.190 e. The molecule has 2 rings (SSSR count). The van der Waals surface area contributed by atoms with Crippen LogP contribution in [0.25, 0.3) is 0 Å². The number of halogens is 1. The molecule has 2 atom stereocenters. The lowest BCUT2D eigenvalue weighted by Crippen LogP contribution is -2.35. The quantitative estimate of drug-likeness (QED) is 0.501. The minimum atomic E-state index is 0. The second-order valence-electron chi connectivity index (χ2n) is 4.22. The van der Waals surface area contributed by atoms with Crippen molar-refractivity contribution in [2.24, 2.45) is 10.9 Å². The summed E-state index contributed by atoms with van der Waals surface area (Å²) in [5.74, 6) is 2.37. The molecule has 1 aliphatic carbocycles. The van der Waals surface area contributed by atoms with E-state index in [1.165, 1.54) is 12.0 Å². The van der Waals surface area contributed by atoms with E-state index in [4.69, 9.17) is 0 Å². The maximum absolute atomic E-state index is 4.10. The van der Waals surface area contributed by atoms with E-state index in [1.807, 2.05) is 7.05 Å². The van der Waals surface area contributed by atoms with Gasteiger partial charge in [-0.25, -0.2) is 0 Å². The molecule has 0 heterocycles. The zero-order valence-corrected chi connectivity index (χ0v) is 12.6. The van der Waals surface area contributed by atoms with Crippen LogP contribution in [0.3, 0.4) is 0 Å². The molecule has 1 aromatic carbocycles. The fourth-order valence-electron chi connectivity index (χ4n) is 2.09. The van der Waals surface area contributed by atoms with Gasteiger partial charge in [0, 0.05) is 20.6 Å². The Balaban J connectivity index is 0.00000144. The van der Waals surface area contributed by atoms with Crippen LogP contribution in [0.4, 0.5) is 0 Å². The molecular formula is C13H20IN3. The van der Waals surface area contributed by atoms with Crippen LogP contribution in [-0.2, 0) is 0 Å². The molecule has 4 heteroatoms. The lowest BCUT2D eigenvalue weighted by Gasteiger charge is -2.07. The van der Waals surface area contributed by atoms with Gasteiger partial charge in [-0.05, 0) is 23.8 Å². The molecule has 2 N–H and O–H groups in total. The second-order valence-corrected chi connectivity index (χ2v) is 4.22. The molecule has 0 aromatic heterocycles. The van der Waals surface area contributed by atoms with Gasteiger partial charge < -0.3 is 10.6 Å². The lowest BCUT2D eigenvalue weighted by molar-refractivity contribution is 0.732. The predicted molar refractivity (Wildman–Crippen MR) is 83.1 cm³/mol. The molecule has 1 aliphatic rings. The van der Waals surface area contributed by atoms with Crippen molar-refractivity contribution in [1.82, 2.24) is 10.6 Å². The molecule has 0 spiro atoms. The van der Waals surface area contributed by atoms with Gasteiger partial charge in [-0.15, -0.1) is 24.0 Å². The maximum Gasteiger partial charge on any atom is 0.190 e. The number of hydrogen-bond donors (Lipinski definition) is 2. The third kappa shape index (κ3) is 3.87. The van der Waals surface area contributed by atoms with Gasteiger partial charge in [0.05, 0.1) is 0 Å². The highest BCUT2D eigenvalue weighted by atomic mass is 127. The average Bonchev–Trinajstić information content (AvgIpc) is 3.11. The second kappa shape index (κ2) is 6.83. The standard InChI is InChI=1S/C13H19N3.HI/c1-14-13(15-2)16-9-11-8-12(11)10-6-4-3-5-7-10;/h3-7,11-12H,8-9H2,1-2H3,(H2,14,15,16);1H. The molecule has 0 aliphatic heterocycles. The zero-order valence-electron chi connectivity index (χ0n) is 10.3. The van der Waals surface area contributed by atoms with Crippen LogP contribution in [0, 0.1) is 5.92 Å². The van der Waals surface area contributed by atoms with E-state index in [2.05, 4.69) is 46.0 Å². The molecule has 1 aromatic rings. The molecule has 1 fully saturated rings. The summed E-state index contributed by atoms with van der Waals surface area (Å²) in [4.78, 5) is 4.10. The molecule has 0 amide bonds. The number of aliphatic imine (C=N–C) groups is 1. The first-order valence-corrected chi connectivity index (χ1v) is 5.78. The number of nitrogens with zero attached hydrogens (tertiary/aromatic N) is 1. The Morgan fingerprint density at radius 3 is 2.65 bits per heavy atom. The van der Waals surface area contributed by atoms with Gasteiger partial charge in [0.25, 0.3) is 0 Å². The first-order valence-electron chi connectivity index (χ1n) is 5.78. The summed E-state index contributed by atoms with van der Waals surface area (Å²) in [5, 5.41) is 6.35. The minimum Gasteiger partial charge on any atom is -0.359 e. The molecule has 94 valence electrons. The molecule has 0 radical (unpaired) electrons. The van der Waals surface area contributed by atoms with Gasteiger partial charge in [0.1, 0.15) is 0 Å². The van der Waals surface area contributed by atoms with E-state index < -0.39 is 0 Å². The summed E-state index contributed by atoms with van der Waals surface area (Å²) < 4.78 is 0. The van der Waals surface area contributed by atoms with Crippen molar-refractivity contribution in [2.45, 2.75) is 12.3 Å². The summed E-state index contributed by atoms with van der Waals surface area (Å²) in [6.07, 6.45) is 1.29. The van der Waals surface area contributed by atoms with E-state index >= 15 is 0 Å². The van der Waals surface area contributed by atoms with E-state index in [9.17, 15) is 0 Å². The van der Waals surface area contributed by atoms with Gasteiger partial charge in [-0.3, -0.25) is 4.99 Å². The average molecular weight is 345 g/mol. The fourth-order valence-corrected chi connectivity index (χ4v) is 2.09. The van der Waals surface area contributed by atoms with Crippen LogP contribution in [0.1, 0.15) is 17.9 Å². The third-order valence-electron chi connectivity index (χ3n) is 3.14. The van der Waals surface area contributed by atoms with E-state index in [1.54, 1.807) is 7.05 Å². The topological polar surface area (TPSA) is 36.4 Å². The number of hydrogen-bond acceptors (Lipinski definition) is 1. The monoisotopic (exact) mass is 345 g/mol. The lowest BCUT2D eigenvalue weighted by atomic mass is 10.1. The highest BCUT2D eigenvalue weighted by Crippen LogP contribution is 2.46. The summed E-state index contributed by atoms with van der Waals surface area (Å²) in [5.41, 5.74) is 1.47. The third-order valence-corrected chi connectivity index (χ3v) is 3.14. The Morgan fingerprint density at radius 1 is 1.35 bits per heavy atom. The molecule has 0 saturated heterocycles. The largest absolute Gasteiger partial charge is 0.359 e. The van der Waals surface area contributed by atoms with E-state index in [-0.39, 0.29) is 24.0 Å². The number of nitrogens with one attached hydrogen (secondary N) is 2. The fraction of sp³-hybridized carbons (Fsp3) is 0.462. The minimum absolute atomic E-state index is 0. The molecule has 3 nitrogen and oxygen atoms in total. The summed E-state index contributed by atoms with van der Waals surface area (Å²) in [7, 11) is 3.68. The normalized spacial score (nSPS) is 22.6. The van der Waals surface area contributed by atoms with Crippen molar-refractivity contribution in [3.05, 3.63) is 35.9 Å². The first-order chi connectivity index (χ1) is 7.85. The van der Waals surface area contributed by atoms with Gasteiger partial charge in [0.2, 0.25) is 0 Å². The van der Waals surface area contributed by atoms with Crippen LogP contribution in [-0.4, -0.2) is 26.6 Å². The number of benzene rings is 1. The van der Waals surface area contributed by atoms with Crippen LogP contribution in [0.2, 0.25) is 0 Å². The maximum atomic E-state index is 4.10. The summed E-state index contributed by atoms with van der Waals surface area (Å²) in [6, 6.07) is 10.7. The van der Waals surface area contributed by atoms with Crippen molar-refractivity contribution in [1.29, 1.82) is 0 Å². The van der Waals surface area contributed by atoms with Crippen LogP contribution in [0.15, 0.2) is 35.3 Å². The predicted octanol–water partition coefficient (Wildman–Crippen LogP) is 2.20. The number of guanidine groups is 1. The highest BCUT2D eigenvalue weighted by molar-refractivity contribution is 14.0. The van der Waals surface area contributed by atoms with Gasteiger partial charge >= 0.3 is 0 Å². The van der Waals surface area contributed by atoms with Crippen LogP contribution >= 0.6 is 24.0 Å². The SMILES string of the molecule is CN=C(NC)NCC1CC1c1ccccc1.I. The van der Waals surface area contributed by atoms with Crippen molar-refractivity contribution in [2.75, 3.05) is 20.6 Å². The van der Waals surface area contributed by atoms with Crippen molar-refractivity contribution in [3.63, 3.8) is 0 Å². The molecule has 17 heavy (non-hydrogen) atoms. The van der Waals surface area contributed by atoms with Crippen molar-refractivity contribution in [3.8, 4) is 0 Å². The van der Waals surface area contributed by atoms with Gasteiger partial charge in [-0.1, -0.05) is 30.3 Å². The summed E-state index contributed by atoms with van der Waals surface area (Å²) in [6.45, 7) is 1.01. The van der Waals surface area contributed by atoms with Crippen LogP contribution in [0.5, 0.6) is 0 Å². The van der Waals surface area contributed by atoms with Crippen LogP contribution < -0.4 is 10.6 Å². The summed E-state index contributed by atoms with van der Waals surface area (Å²) >= 11 is 0. The molecular weight excluding hydrogens is 325 g/mol. The highest BCUT2D eigenvalue weighted by Gasteiger charge is 2.37.